The van der Waals surface area contributed by atoms with Crippen LogP contribution < -0.4 is 10.2 Å². The van der Waals surface area contributed by atoms with E-state index in [1.807, 2.05) is 36.1 Å². The molecule has 0 radical (unpaired) electrons. The zero-order valence-corrected chi connectivity index (χ0v) is 19.9. The maximum atomic E-state index is 12.8. The van der Waals surface area contributed by atoms with Crippen molar-refractivity contribution < 1.29 is 9.59 Å². The Bertz CT molecular complexity index is 950. The minimum Gasteiger partial charge on any atom is -0.371 e. The molecule has 5 heteroatoms. The van der Waals surface area contributed by atoms with E-state index < -0.39 is 0 Å². The Morgan fingerprint density at radius 3 is 2.58 bits per heavy atom. The van der Waals surface area contributed by atoms with Gasteiger partial charge < -0.3 is 15.1 Å². The van der Waals surface area contributed by atoms with Gasteiger partial charge in [-0.15, -0.1) is 0 Å². The Hall–Kier alpha value is -2.82. The lowest BCUT2D eigenvalue weighted by atomic mass is 9.91. The summed E-state index contributed by atoms with van der Waals surface area (Å²) >= 11 is 0. The Morgan fingerprint density at radius 1 is 1.00 bits per heavy atom. The number of nitrogens with zero attached hydrogens (tertiary/aromatic N) is 2. The third-order valence-corrected chi connectivity index (χ3v) is 7.19. The molecule has 1 fully saturated rings. The molecule has 0 spiro atoms. The molecule has 4 rings (SSSR count). The van der Waals surface area contributed by atoms with Crippen LogP contribution in [0.3, 0.4) is 0 Å². The van der Waals surface area contributed by atoms with Crippen LogP contribution in [0.2, 0.25) is 0 Å². The number of anilines is 1. The molecule has 2 aromatic carbocycles. The van der Waals surface area contributed by atoms with Gasteiger partial charge in [0.05, 0.1) is 0 Å². The number of carbonyl (C=O) groups is 2. The number of rotatable bonds is 8. The second kappa shape index (κ2) is 11.4. The predicted octanol–water partition coefficient (Wildman–Crippen LogP) is 4.59. The molecule has 176 valence electrons. The first-order valence-corrected chi connectivity index (χ1v) is 12.6. The number of amides is 2. The van der Waals surface area contributed by atoms with Gasteiger partial charge >= 0.3 is 0 Å². The lowest BCUT2D eigenvalue weighted by molar-refractivity contribution is -0.121. The van der Waals surface area contributed by atoms with Crippen LogP contribution in [0.1, 0.15) is 60.0 Å². The number of para-hydroxylation sites is 1. The normalized spacial score (nSPS) is 16.4. The van der Waals surface area contributed by atoms with Crippen LogP contribution in [0.25, 0.3) is 0 Å². The van der Waals surface area contributed by atoms with Crippen LogP contribution in [-0.4, -0.2) is 49.4 Å². The summed E-state index contributed by atoms with van der Waals surface area (Å²) < 4.78 is 0. The fourth-order valence-electron chi connectivity index (χ4n) is 5.17. The molecule has 2 aliphatic heterocycles. The highest BCUT2D eigenvalue weighted by molar-refractivity contribution is 5.95. The summed E-state index contributed by atoms with van der Waals surface area (Å²) in [4.78, 5) is 29.5. The van der Waals surface area contributed by atoms with Gasteiger partial charge in [0.15, 0.2) is 0 Å². The second-order valence-electron chi connectivity index (χ2n) is 9.51. The van der Waals surface area contributed by atoms with E-state index in [0.29, 0.717) is 12.3 Å². The average Bonchev–Trinajstić information content (AvgIpc) is 2.85. The van der Waals surface area contributed by atoms with Crippen molar-refractivity contribution in [2.24, 2.45) is 5.92 Å². The molecular weight excluding hydrogens is 410 g/mol. The number of hydrogen-bond donors (Lipinski definition) is 1. The monoisotopic (exact) mass is 447 g/mol. The van der Waals surface area contributed by atoms with Crippen molar-refractivity contribution in [3.05, 3.63) is 65.2 Å². The summed E-state index contributed by atoms with van der Waals surface area (Å²) in [5.74, 6) is 0.828. The molecule has 2 aliphatic rings. The van der Waals surface area contributed by atoms with E-state index >= 15 is 0 Å². The summed E-state index contributed by atoms with van der Waals surface area (Å²) in [5.41, 5.74) is 4.65. The summed E-state index contributed by atoms with van der Waals surface area (Å²) in [7, 11) is 0. The molecular formula is C28H37N3O2. The highest BCUT2D eigenvalue weighted by Gasteiger charge is 2.24. The maximum absolute atomic E-state index is 12.8. The largest absolute Gasteiger partial charge is 0.371 e. The van der Waals surface area contributed by atoms with Crippen molar-refractivity contribution in [2.75, 3.05) is 37.6 Å². The number of nitrogens with one attached hydrogen (secondary N) is 1. The molecule has 0 bridgehead atoms. The van der Waals surface area contributed by atoms with E-state index in [0.717, 1.165) is 69.5 Å². The number of likely N-dealkylation sites (tertiary alicyclic amines) is 1. The summed E-state index contributed by atoms with van der Waals surface area (Å²) in [6.45, 7) is 6.40. The van der Waals surface area contributed by atoms with Crippen LogP contribution in [0.15, 0.2) is 48.5 Å². The van der Waals surface area contributed by atoms with Gasteiger partial charge in [0.2, 0.25) is 5.91 Å². The van der Waals surface area contributed by atoms with Gasteiger partial charge in [-0.25, -0.2) is 0 Å². The molecule has 0 atom stereocenters. The number of aryl methyl sites for hydroxylation is 2. The third kappa shape index (κ3) is 6.16. The molecule has 1 N–H and O–H groups in total. The smallest absolute Gasteiger partial charge is 0.254 e. The number of carbonyl (C=O) groups excluding carboxylic acids is 2. The highest BCUT2D eigenvalue weighted by Crippen LogP contribution is 2.26. The number of fused-ring (bicyclic) bond motifs is 1. The zero-order valence-electron chi connectivity index (χ0n) is 19.9. The zero-order chi connectivity index (χ0) is 23.0. The van der Waals surface area contributed by atoms with Gasteiger partial charge in [-0.1, -0.05) is 36.4 Å². The van der Waals surface area contributed by atoms with Crippen molar-refractivity contribution in [1.29, 1.82) is 0 Å². The maximum Gasteiger partial charge on any atom is 0.254 e. The fourth-order valence-corrected chi connectivity index (χ4v) is 5.17. The Labute approximate surface area is 198 Å². The van der Waals surface area contributed by atoms with Crippen LogP contribution in [0, 0.1) is 12.8 Å². The van der Waals surface area contributed by atoms with Crippen molar-refractivity contribution >= 4 is 17.5 Å². The molecule has 1 saturated heterocycles. The quantitative estimate of drug-likeness (QED) is 0.603. The standard InChI is InChI=1S/C28H37N3O2/c1-22-8-2-4-11-25(22)28(33)31-20-15-23(16-21-31)13-14-27(32)29-17-7-19-30-18-6-10-24-9-3-5-12-26(24)30/h2-5,8-9,11-12,23H,6-7,10,13-21H2,1H3,(H,29,32). The van der Waals surface area contributed by atoms with Gasteiger partial charge in [-0.2, -0.15) is 0 Å². The molecule has 2 aromatic rings. The number of benzene rings is 2. The first-order chi connectivity index (χ1) is 16.1. The van der Waals surface area contributed by atoms with Crippen molar-refractivity contribution in [3.63, 3.8) is 0 Å². The highest BCUT2D eigenvalue weighted by atomic mass is 16.2. The number of hydrogen-bond acceptors (Lipinski definition) is 3. The summed E-state index contributed by atoms with van der Waals surface area (Å²) in [5, 5.41) is 3.11. The third-order valence-electron chi connectivity index (χ3n) is 7.19. The van der Waals surface area contributed by atoms with E-state index in [1.54, 1.807) is 0 Å². The average molecular weight is 448 g/mol. The first-order valence-electron chi connectivity index (χ1n) is 12.6. The van der Waals surface area contributed by atoms with Crippen LogP contribution in [0.5, 0.6) is 0 Å². The van der Waals surface area contributed by atoms with Crippen LogP contribution in [-0.2, 0) is 11.2 Å². The van der Waals surface area contributed by atoms with Crippen molar-refractivity contribution in [2.45, 2.75) is 51.9 Å². The van der Waals surface area contributed by atoms with E-state index in [2.05, 4.69) is 34.5 Å². The van der Waals surface area contributed by atoms with Crippen LogP contribution >= 0.6 is 0 Å². The topological polar surface area (TPSA) is 52.7 Å². The minimum absolute atomic E-state index is 0.139. The predicted molar refractivity (Wildman–Crippen MR) is 134 cm³/mol. The molecule has 0 aromatic heterocycles. The van der Waals surface area contributed by atoms with E-state index in [1.165, 1.54) is 24.1 Å². The molecule has 0 unspecified atom stereocenters. The van der Waals surface area contributed by atoms with E-state index in [9.17, 15) is 9.59 Å². The van der Waals surface area contributed by atoms with Crippen LogP contribution in [0.4, 0.5) is 5.69 Å². The summed E-state index contributed by atoms with van der Waals surface area (Å²) in [6, 6.07) is 16.5. The Balaban J connectivity index is 1.11. The van der Waals surface area contributed by atoms with Crippen molar-refractivity contribution in [3.8, 4) is 0 Å². The lowest BCUT2D eigenvalue weighted by Crippen LogP contribution is -2.39. The van der Waals surface area contributed by atoms with Gasteiger partial charge in [0.25, 0.3) is 5.91 Å². The lowest BCUT2D eigenvalue weighted by Gasteiger charge is -2.32. The van der Waals surface area contributed by atoms with E-state index in [4.69, 9.17) is 0 Å². The van der Waals surface area contributed by atoms with Gasteiger partial charge in [-0.3, -0.25) is 9.59 Å². The Kier molecular flexibility index (Phi) is 8.03. The molecule has 33 heavy (non-hydrogen) atoms. The second-order valence-corrected chi connectivity index (χ2v) is 9.51. The van der Waals surface area contributed by atoms with Crippen molar-refractivity contribution in [1.82, 2.24) is 10.2 Å². The summed E-state index contributed by atoms with van der Waals surface area (Å²) in [6.07, 6.45) is 6.82. The molecule has 5 nitrogen and oxygen atoms in total. The minimum atomic E-state index is 0.139. The first kappa shape index (κ1) is 23.3. The molecule has 2 heterocycles. The fraction of sp³-hybridized carbons (Fsp3) is 0.500. The Morgan fingerprint density at radius 2 is 1.76 bits per heavy atom. The number of piperidine rings is 1. The van der Waals surface area contributed by atoms with Gasteiger partial charge in [-0.05, 0) is 74.6 Å². The van der Waals surface area contributed by atoms with Gasteiger partial charge in [0.1, 0.15) is 0 Å². The van der Waals surface area contributed by atoms with Gasteiger partial charge in [0, 0.05) is 50.4 Å². The SMILES string of the molecule is Cc1ccccc1C(=O)N1CCC(CCC(=O)NCCCN2CCCc3ccccc32)CC1. The molecule has 0 saturated carbocycles. The molecule has 0 aliphatic carbocycles. The van der Waals surface area contributed by atoms with E-state index in [-0.39, 0.29) is 11.8 Å². The molecule has 2 amide bonds.